The number of imide groups is 1. The molecule has 0 spiro atoms. The highest BCUT2D eigenvalue weighted by molar-refractivity contribution is 6.21. The summed E-state index contributed by atoms with van der Waals surface area (Å²) in [4.78, 5) is 45.9. The molecule has 41 heavy (non-hydrogen) atoms. The summed E-state index contributed by atoms with van der Waals surface area (Å²) in [6, 6.07) is 15.0. The van der Waals surface area contributed by atoms with Crippen LogP contribution in [0.2, 0.25) is 0 Å². The number of aromatic nitrogens is 6. The van der Waals surface area contributed by atoms with Gasteiger partial charge in [0.1, 0.15) is 0 Å². The second-order valence-corrected chi connectivity index (χ2v) is 9.35. The summed E-state index contributed by atoms with van der Waals surface area (Å²) in [6.07, 6.45) is 12.5. The largest absolute Gasteiger partial charge is 0.345 e. The lowest BCUT2D eigenvalue weighted by Crippen LogP contribution is -2.30. The summed E-state index contributed by atoms with van der Waals surface area (Å²) in [5, 5.41) is 0. The van der Waals surface area contributed by atoms with Crippen molar-refractivity contribution in [2.24, 2.45) is 0 Å². The molecule has 1 aromatic carbocycles. The van der Waals surface area contributed by atoms with Crippen LogP contribution in [0, 0.1) is 13.8 Å². The van der Waals surface area contributed by atoms with Crippen LogP contribution >= 0.6 is 24.8 Å². The molecule has 0 unspecified atom stereocenters. The minimum atomic E-state index is -0.188. The summed E-state index contributed by atoms with van der Waals surface area (Å²) in [5.74, 6) is -0.375. The number of carbonyl (C=O) groups is 2. The Kier molecular flexibility index (Phi) is 10.9. The first-order valence-electron chi connectivity index (χ1n) is 12.8. The number of H-pyrrole nitrogens is 1. The van der Waals surface area contributed by atoms with Crippen LogP contribution in [0.4, 0.5) is 0 Å². The first kappa shape index (κ1) is 31.2. The number of aryl methyl sites for hydroxylation is 3. The van der Waals surface area contributed by atoms with E-state index in [4.69, 9.17) is 0 Å². The van der Waals surface area contributed by atoms with E-state index < -0.39 is 0 Å². The molecule has 6 rings (SSSR count). The molecule has 0 fully saturated rings. The van der Waals surface area contributed by atoms with Gasteiger partial charge < -0.3 is 9.55 Å². The van der Waals surface area contributed by atoms with Crippen molar-refractivity contribution >= 4 is 36.6 Å². The molecule has 5 aromatic rings. The van der Waals surface area contributed by atoms with E-state index in [1.807, 2.05) is 61.3 Å². The number of carbonyl (C=O) groups excluding carboxylic acids is 2. The minimum Gasteiger partial charge on any atom is -0.345 e. The third-order valence-corrected chi connectivity index (χ3v) is 6.49. The number of halogens is 2. The first-order chi connectivity index (χ1) is 19.0. The number of unbranched alkanes of at least 4 members (excludes halogenated alkanes) is 1. The number of benzene rings is 1. The number of pyridine rings is 2. The zero-order valence-electron chi connectivity index (χ0n) is 22.7. The smallest absolute Gasteiger partial charge is 0.261 e. The van der Waals surface area contributed by atoms with Crippen molar-refractivity contribution in [2.45, 2.75) is 33.2 Å². The van der Waals surface area contributed by atoms with Crippen LogP contribution in [0.5, 0.6) is 0 Å². The van der Waals surface area contributed by atoms with Gasteiger partial charge in [0.25, 0.3) is 11.8 Å². The molecule has 0 bridgehead atoms. The molecule has 4 aromatic heterocycles. The summed E-state index contributed by atoms with van der Waals surface area (Å²) in [5.41, 5.74) is 6.97. The monoisotopic (exact) mass is 591 g/mol. The van der Waals surface area contributed by atoms with Crippen LogP contribution in [0.3, 0.4) is 0 Å². The Morgan fingerprint density at radius 2 is 1.34 bits per heavy atom. The minimum absolute atomic E-state index is 0. The number of nitrogens with one attached hydrogen (secondary N) is 1. The molecule has 0 saturated carbocycles. The fraction of sp³-hybridized carbons (Fsp3) is 0.200. The van der Waals surface area contributed by atoms with Crippen molar-refractivity contribution in [3.63, 3.8) is 0 Å². The number of hydrogen-bond donors (Lipinski definition) is 1. The first-order valence-corrected chi connectivity index (χ1v) is 12.8. The number of amides is 2. The average Bonchev–Trinajstić information content (AvgIpc) is 3.71. The third-order valence-electron chi connectivity index (χ3n) is 6.49. The van der Waals surface area contributed by atoms with E-state index in [2.05, 4.69) is 24.9 Å². The Bertz CT molecular complexity index is 1530. The normalized spacial score (nSPS) is 11.7. The van der Waals surface area contributed by atoms with Gasteiger partial charge in [0.05, 0.1) is 41.4 Å². The maximum absolute atomic E-state index is 12.3. The van der Waals surface area contributed by atoms with Crippen molar-refractivity contribution in [1.82, 2.24) is 34.4 Å². The summed E-state index contributed by atoms with van der Waals surface area (Å²) < 4.78 is 2.03. The second kappa shape index (κ2) is 14.3. The van der Waals surface area contributed by atoms with Crippen LogP contribution in [-0.4, -0.2) is 52.7 Å². The van der Waals surface area contributed by atoms with E-state index in [1.54, 1.807) is 43.1 Å². The van der Waals surface area contributed by atoms with Gasteiger partial charge in [0.15, 0.2) is 0 Å². The molecule has 1 N–H and O–H groups in total. The number of imidazole rings is 2. The van der Waals surface area contributed by atoms with Gasteiger partial charge in [-0.3, -0.25) is 24.5 Å². The molecule has 9 nitrogen and oxygen atoms in total. The molecular weight excluding hydrogens is 561 g/mol. The number of nitrogens with zero attached hydrogens (tertiary/aromatic N) is 6. The lowest BCUT2D eigenvalue weighted by atomic mass is 10.1. The molecule has 0 radical (unpaired) electrons. The molecule has 212 valence electrons. The Hall–Kier alpha value is -4.34. The fourth-order valence-corrected chi connectivity index (χ4v) is 4.30. The van der Waals surface area contributed by atoms with E-state index >= 15 is 0 Å². The Labute approximate surface area is 250 Å². The predicted molar refractivity (Wildman–Crippen MR) is 162 cm³/mol. The molecular formula is C30H31Cl2N7O2. The topological polar surface area (TPSA) is 110 Å². The molecule has 0 atom stereocenters. The quantitative estimate of drug-likeness (QED) is 0.185. The Balaban J connectivity index is 0.000000279. The Morgan fingerprint density at radius 1 is 0.732 bits per heavy atom. The zero-order valence-corrected chi connectivity index (χ0v) is 24.4. The standard InChI is InChI=1S/C21H20N4O2.C9H9N3.2ClH/c1-15-8-9-16(12-22-15)19-13-24(14-23-19)10-4-5-11-25-20(26)17-6-2-3-7-18(17)21(25)27;1-7-2-3-8(4-11-7)9-5-10-6-12-9;;/h2-3,6-9,12-14H,4-5,10-11H2,1H3;2-6H,1H3,(H,10,12);2*1H. The molecule has 5 heterocycles. The number of hydrogen-bond acceptors (Lipinski definition) is 6. The number of fused-ring (bicyclic) bond motifs is 1. The van der Waals surface area contributed by atoms with E-state index in [9.17, 15) is 9.59 Å². The highest BCUT2D eigenvalue weighted by Crippen LogP contribution is 2.23. The van der Waals surface area contributed by atoms with E-state index in [0.29, 0.717) is 17.7 Å². The van der Waals surface area contributed by atoms with Gasteiger partial charge in [-0.05, 0) is 63.1 Å². The average molecular weight is 593 g/mol. The van der Waals surface area contributed by atoms with Crippen molar-refractivity contribution in [2.75, 3.05) is 6.54 Å². The lowest BCUT2D eigenvalue weighted by Gasteiger charge is -2.13. The van der Waals surface area contributed by atoms with Gasteiger partial charge in [0.2, 0.25) is 0 Å². The Morgan fingerprint density at radius 3 is 1.90 bits per heavy atom. The van der Waals surface area contributed by atoms with E-state index in [1.165, 1.54) is 4.90 Å². The van der Waals surface area contributed by atoms with Gasteiger partial charge in [-0.15, -0.1) is 24.8 Å². The molecule has 0 saturated heterocycles. The predicted octanol–water partition coefficient (Wildman–Crippen LogP) is 5.95. The van der Waals surface area contributed by atoms with Crippen LogP contribution < -0.4 is 0 Å². The second-order valence-electron chi connectivity index (χ2n) is 9.35. The molecule has 1 aliphatic rings. The number of rotatable bonds is 7. The molecule has 1 aliphatic heterocycles. The van der Waals surface area contributed by atoms with Crippen molar-refractivity contribution < 1.29 is 9.59 Å². The van der Waals surface area contributed by atoms with Crippen molar-refractivity contribution in [3.05, 3.63) is 108 Å². The van der Waals surface area contributed by atoms with Gasteiger partial charge in [-0.1, -0.05) is 12.1 Å². The fourth-order valence-electron chi connectivity index (χ4n) is 4.30. The van der Waals surface area contributed by atoms with Crippen LogP contribution in [-0.2, 0) is 6.54 Å². The van der Waals surface area contributed by atoms with Crippen molar-refractivity contribution in [1.29, 1.82) is 0 Å². The van der Waals surface area contributed by atoms with E-state index in [-0.39, 0.29) is 36.6 Å². The van der Waals surface area contributed by atoms with Crippen LogP contribution in [0.25, 0.3) is 22.5 Å². The van der Waals surface area contributed by atoms with Crippen molar-refractivity contribution in [3.8, 4) is 22.5 Å². The highest BCUT2D eigenvalue weighted by atomic mass is 35.5. The van der Waals surface area contributed by atoms with Gasteiger partial charge in [-0.25, -0.2) is 9.97 Å². The lowest BCUT2D eigenvalue weighted by molar-refractivity contribution is 0.0651. The highest BCUT2D eigenvalue weighted by Gasteiger charge is 2.34. The third kappa shape index (κ3) is 7.45. The maximum Gasteiger partial charge on any atom is 0.261 e. The zero-order chi connectivity index (χ0) is 27.2. The summed E-state index contributed by atoms with van der Waals surface area (Å²) >= 11 is 0. The maximum atomic E-state index is 12.3. The van der Waals surface area contributed by atoms with Crippen LogP contribution in [0.15, 0.2) is 86.0 Å². The summed E-state index contributed by atoms with van der Waals surface area (Å²) in [7, 11) is 0. The number of aromatic amines is 1. The van der Waals surface area contributed by atoms with Gasteiger partial charge >= 0.3 is 0 Å². The molecule has 11 heteroatoms. The van der Waals surface area contributed by atoms with Crippen LogP contribution in [0.1, 0.15) is 44.9 Å². The SMILES string of the molecule is Cc1ccc(-c2cn(CCCCN3C(=O)c4ccccc4C3=O)cn2)cn1.Cc1ccc(-c2cnc[nH]2)cn1.Cl.Cl. The van der Waals surface area contributed by atoms with Gasteiger partial charge in [-0.2, -0.15) is 0 Å². The molecule has 0 aliphatic carbocycles. The van der Waals surface area contributed by atoms with E-state index in [0.717, 1.165) is 53.3 Å². The van der Waals surface area contributed by atoms with Gasteiger partial charge in [0, 0.05) is 54.2 Å². The molecule has 2 amide bonds. The summed E-state index contributed by atoms with van der Waals surface area (Å²) in [6.45, 7) is 5.15.